The lowest BCUT2D eigenvalue weighted by Gasteiger charge is -2.31. The largest absolute Gasteiger partial charge is 0.469 e. The van der Waals surface area contributed by atoms with Gasteiger partial charge in [0, 0.05) is 32.4 Å². The number of rotatable bonds is 20. The molecule has 2 amide bonds. The van der Waals surface area contributed by atoms with Crippen LogP contribution >= 0.6 is 0 Å². The van der Waals surface area contributed by atoms with Crippen molar-refractivity contribution in [3.63, 3.8) is 0 Å². The maximum Gasteiger partial charge on any atom is 0.307 e. The second-order valence-electron chi connectivity index (χ2n) is 8.39. The summed E-state index contributed by atoms with van der Waals surface area (Å²) in [5.74, 6) is -1.64. The molecule has 10 heteroatoms. The molecule has 0 radical (unpaired) electrons. The molecule has 35 heavy (non-hydrogen) atoms. The van der Waals surface area contributed by atoms with Crippen LogP contribution in [0.3, 0.4) is 0 Å². The molecule has 0 rings (SSSR count). The van der Waals surface area contributed by atoms with Crippen LogP contribution in [0.5, 0.6) is 0 Å². The summed E-state index contributed by atoms with van der Waals surface area (Å²) in [5.41, 5.74) is 0. The van der Waals surface area contributed by atoms with E-state index < -0.39 is 12.0 Å². The number of ether oxygens (including phenoxy) is 3. The van der Waals surface area contributed by atoms with Gasteiger partial charge in [-0.3, -0.25) is 24.0 Å². The molecule has 0 aliphatic carbocycles. The van der Waals surface area contributed by atoms with Gasteiger partial charge in [0.1, 0.15) is 6.04 Å². The first kappa shape index (κ1) is 32.4. The van der Waals surface area contributed by atoms with Gasteiger partial charge in [0.2, 0.25) is 11.8 Å². The molecular weight excluding hydrogens is 456 g/mol. The Labute approximate surface area is 209 Å². The minimum atomic E-state index is -0.807. The predicted molar refractivity (Wildman–Crippen MR) is 130 cm³/mol. The number of carbonyl (C=O) groups excluding carboxylic acids is 5. The molecule has 0 fully saturated rings. The van der Waals surface area contributed by atoms with Gasteiger partial charge in [0.05, 0.1) is 27.8 Å². The highest BCUT2D eigenvalue weighted by atomic mass is 16.5. The lowest BCUT2D eigenvalue weighted by molar-refractivity contribution is -0.145. The number of hydrogen-bond donors (Lipinski definition) is 1. The third-order valence-electron chi connectivity index (χ3n) is 5.70. The minimum Gasteiger partial charge on any atom is -0.469 e. The van der Waals surface area contributed by atoms with E-state index in [2.05, 4.69) is 21.7 Å². The smallest absolute Gasteiger partial charge is 0.307 e. The van der Waals surface area contributed by atoms with Crippen molar-refractivity contribution in [3.8, 4) is 0 Å². The SMILES string of the molecule is CCCCCCC(=O)N(CCC(=O)OC)C(CCCC(=O)OC)C(=O)NCCCCCC(=O)OC. The number of unbranched alkanes of at least 4 members (excludes halogenated alkanes) is 5. The highest BCUT2D eigenvalue weighted by Gasteiger charge is 2.29. The maximum atomic E-state index is 13.1. The van der Waals surface area contributed by atoms with Crippen molar-refractivity contribution in [2.75, 3.05) is 34.4 Å². The molecule has 1 unspecified atom stereocenters. The van der Waals surface area contributed by atoms with Gasteiger partial charge in [0.25, 0.3) is 0 Å². The molecule has 202 valence electrons. The molecule has 0 aromatic carbocycles. The van der Waals surface area contributed by atoms with Gasteiger partial charge >= 0.3 is 17.9 Å². The van der Waals surface area contributed by atoms with Crippen LogP contribution in [0.25, 0.3) is 0 Å². The Bertz CT molecular complexity index is 653. The van der Waals surface area contributed by atoms with Gasteiger partial charge < -0.3 is 24.4 Å². The highest BCUT2D eigenvalue weighted by Crippen LogP contribution is 2.15. The fourth-order valence-corrected chi connectivity index (χ4v) is 3.59. The average Bonchev–Trinajstić information content (AvgIpc) is 2.86. The Morgan fingerprint density at radius 2 is 1.23 bits per heavy atom. The van der Waals surface area contributed by atoms with E-state index >= 15 is 0 Å². The van der Waals surface area contributed by atoms with E-state index in [9.17, 15) is 24.0 Å². The van der Waals surface area contributed by atoms with E-state index in [-0.39, 0.29) is 56.0 Å². The average molecular weight is 501 g/mol. The summed E-state index contributed by atoms with van der Waals surface area (Å²) in [7, 11) is 3.93. The normalized spacial score (nSPS) is 11.3. The summed E-state index contributed by atoms with van der Waals surface area (Å²) in [5, 5.41) is 2.87. The summed E-state index contributed by atoms with van der Waals surface area (Å²) >= 11 is 0. The zero-order valence-electron chi connectivity index (χ0n) is 21.9. The quantitative estimate of drug-likeness (QED) is 0.153. The van der Waals surface area contributed by atoms with Crippen molar-refractivity contribution < 1.29 is 38.2 Å². The van der Waals surface area contributed by atoms with Crippen LogP contribution in [0, 0.1) is 0 Å². The van der Waals surface area contributed by atoms with Crippen molar-refractivity contribution in [2.24, 2.45) is 0 Å². The van der Waals surface area contributed by atoms with Crippen molar-refractivity contribution >= 4 is 29.7 Å². The minimum absolute atomic E-state index is 0.0223. The number of hydrogen-bond acceptors (Lipinski definition) is 8. The van der Waals surface area contributed by atoms with Gasteiger partial charge in [0.15, 0.2) is 0 Å². The number of nitrogens with zero attached hydrogens (tertiary/aromatic N) is 1. The standard InChI is InChI=1S/C25H44N2O8/c1-5-6-7-9-14-21(28)27(19-17-24(31)35-4)20(13-12-16-23(30)34-3)25(32)26-18-11-8-10-15-22(29)33-2/h20H,5-19H2,1-4H3,(H,26,32). The molecule has 0 spiro atoms. The number of esters is 3. The first-order chi connectivity index (χ1) is 16.8. The summed E-state index contributed by atoms with van der Waals surface area (Å²) < 4.78 is 14.0. The first-order valence-corrected chi connectivity index (χ1v) is 12.6. The Morgan fingerprint density at radius 3 is 1.83 bits per heavy atom. The third-order valence-corrected chi connectivity index (χ3v) is 5.70. The van der Waals surface area contributed by atoms with Crippen LogP contribution in [0.1, 0.15) is 90.4 Å². The van der Waals surface area contributed by atoms with Crippen molar-refractivity contribution in [2.45, 2.75) is 96.4 Å². The lowest BCUT2D eigenvalue weighted by Crippen LogP contribution is -2.50. The van der Waals surface area contributed by atoms with Crippen LogP contribution in [0.15, 0.2) is 0 Å². The highest BCUT2D eigenvalue weighted by molar-refractivity contribution is 5.88. The monoisotopic (exact) mass is 500 g/mol. The van der Waals surface area contributed by atoms with E-state index in [1.807, 2.05) is 0 Å². The number of methoxy groups -OCH3 is 3. The summed E-state index contributed by atoms with van der Waals surface area (Å²) in [6.07, 6.45) is 7.11. The molecule has 1 N–H and O–H groups in total. The van der Waals surface area contributed by atoms with Gasteiger partial charge in [-0.05, 0) is 32.1 Å². The van der Waals surface area contributed by atoms with Crippen LogP contribution in [0.4, 0.5) is 0 Å². The summed E-state index contributed by atoms with van der Waals surface area (Å²) in [6, 6.07) is -0.807. The molecule has 0 aromatic rings. The first-order valence-electron chi connectivity index (χ1n) is 12.6. The fourth-order valence-electron chi connectivity index (χ4n) is 3.59. The fraction of sp³-hybridized carbons (Fsp3) is 0.800. The van der Waals surface area contributed by atoms with Gasteiger partial charge in [-0.15, -0.1) is 0 Å². The van der Waals surface area contributed by atoms with E-state index in [1.165, 1.54) is 26.2 Å². The van der Waals surface area contributed by atoms with E-state index in [0.29, 0.717) is 38.6 Å². The summed E-state index contributed by atoms with van der Waals surface area (Å²) in [4.78, 5) is 62.2. The van der Waals surface area contributed by atoms with E-state index in [0.717, 1.165) is 25.7 Å². The second-order valence-corrected chi connectivity index (χ2v) is 8.39. The molecule has 0 aliphatic rings. The Morgan fingerprint density at radius 1 is 0.686 bits per heavy atom. The number of carbonyl (C=O) groups is 5. The van der Waals surface area contributed by atoms with Crippen molar-refractivity contribution in [1.82, 2.24) is 10.2 Å². The molecule has 0 heterocycles. The Balaban J connectivity index is 5.22. The van der Waals surface area contributed by atoms with Crippen molar-refractivity contribution in [3.05, 3.63) is 0 Å². The number of nitrogens with one attached hydrogen (secondary N) is 1. The van der Waals surface area contributed by atoms with Crippen LogP contribution in [-0.2, 0) is 38.2 Å². The van der Waals surface area contributed by atoms with Crippen LogP contribution < -0.4 is 5.32 Å². The molecule has 0 bridgehead atoms. The molecule has 0 saturated heterocycles. The zero-order chi connectivity index (χ0) is 26.5. The van der Waals surface area contributed by atoms with Crippen LogP contribution in [-0.4, -0.2) is 75.1 Å². The third kappa shape index (κ3) is 15.8. The topological polar surface area (TPSA) is 128 Å². The lowest BCUT2D eigenvalue weighted by atomic mass is 10.0. The van der Waals surface area contributed by atoms with Gasteiger partial charge in [-0.25, -0.2) is 0 Å². The van der Waals surface area contributed by atoms with Crippen molar-refractivity contribution in [1.29, 1.82) is 0 Å². The molecule has 0 aliphatic heterocycles. The predicted octanol–water partition coefficient (Wildman–Crippen LogP) is 2.91. The second kappa shape index (κ2) is 20.7. The van der Waals surface area contributed by atoms with Crippen LogP contribution in [0.2, 0.25) is 0 Å². The van der Waals surface area contributed by atoms with Gasteiger partial charge in [-0.2, -0.15) is 0 Å². The molecular formula is C25H44N2O8. The van der Waals surface area contributed by atoms with Gasteiger partial charge in [-0.1, -0.05) is 32.6 Å². The maximum absolute atomic E-state index is 13.1. The van der Waals surface area contributed by atoms with E-state index in [1.54, 1.807) is 0 Å². The molecule has 10 nitrogen and oxygen atoms in total. The zero-order valence-corrected chi connectivity index (χ0v) is 21.9. The molecule has 1 atom stereocenters. The molecule has 0 saturated carbocycles. The Hall–Kier alpha value is -2.65. The Kier molecular flexibility index (Phi) is 19.1. The summed E-state index contributed by atoms with van der Waals surface area (Å²) in [6.45, 7) is 2.54. The van der Waals surface area contributed by atoms with E-state index in [4.69, 9.17) is 4.74 Å². The molecule has 0 aromatic heterocycles. The number of amides is 2.